The number of aryl methyl sites for hydroxylation is 1. The van der Waals surface area contributed by atoms with Crippen LogP contribution >= 0.6 is 0 Å². The lowest BCUT2D eigenvalue weighted by Gasteiger charge is -2.09. The van der Waals surface area contributed by atoms with Gasteiger partial charge in [0, 0.05) is 12.4 Å². The number of pyridine rings is 1. The summed E-state index contributed by atoms with van der Waals surface area (Å²) in [6.07, 6.45) is 5.87. The topological polar surface area (TPSA) is 12.9 Å². The summed E-state index contributed by atoms with van der Waals surface area (Å²) in [5.74, 6) is 0. The lowest BCUT2D eigenvalue weighted by Crippen LogP contribution is -1.89. The molecule has 0 amide bonds. The summed E-state index contributed by atoms with van der Waals surface area (Å²) in [7, 11) is 0. The highest BCUT2D eigenvalue weighted by Crippen LogP contribution is 2.26. The minimum Gasteiger partial charge on any atom is -0.264 e. The van der Waals surface area contributed by atoms with Gasteiger partial charge in [0.25, 0.3) is 0 Å². The van der Waals surface area contributed by atoms with Crippen molar-refractivity contribution in [2.24, 2.45) is 0 Å². The number of hydrogen-bond acceptors (Lipinski definition) is 1. The standard InChI is InChI=1S/C20H17N/c1-16-9-11-19(12-10-16)20(18-7-3-2-4-8-18)14-17-6-5-13-21-15-17/h2-15H,1H3/b20-14+. The van der Waals surface area contributed by atoms with Gasteiger partial charge in [-0.05, 0) is 41.3 Å². The predicted octanol–water partition coefficient (Wildman–Crippen LogP) is 4.98. The van der Waals surface area contributed by atoms with Gasteiger partial charge in [0.2, 0.25) is 0 Å². The number of nitrogens with zero attached hydrogens (tertiary/aromatic N) is 1. The van der Waals surface area contributed by atoms with Crippen molar-refractivity contribution in [3.8, 4) is 0 Å². The zero-order valence-electron chi connectivity index (χ0n) is 12.0. The molecule has 0 radical (unpaired) electrons. The molecule has 0 saturated heterocycles. The van der Waals surface area contributed by atoms with Crippen LogP contribution in [0.5, 0.6) is 0 Å². The van der Waals surface area contributed by atoms with Gasteiger partial charge in [-0.2, -0.15) is 0 Å². The van der Waals surface area contributed by atoms with Crippen molar-refractivity contribution in [3.05, 3.63) is 101 Å². The molecule has 3 aromatic rings. The Morgan fingerprint density at radius 1 is 0.810 bits per heavy atom. The second-order valence-corrected chi connectivity index (χ2v) is 5.08. The first kappa shape index (κ1) is 13.3. The summed E-state index contributed by atoms with van der Waals surface area (Å²) in [5.41, 5.74) is 6.02. The first-order chi connectivity index (χ1) is 10.3. The van der Waals surface area contributed by atoms with E-state index in [0.29, 0.717) is 0 Å². The Bertz CT molecular complexity index is 726. The lowest BCUT2D eigenvalue weighted by atomic mass is 9.95. The zero-order chi connectivity index (χ0) is 14.5. The zero-order valence-corrected chi connectivity index (χ0v) is 12.0. The molecule has 0 aliphatic heterocycles. The largest absolute Gasteiger partial charge is 0.264 e. The van der Waals surface area contributed by atoms with E-state index in [1.165, 1.54) is 22.3 Å². The van der Waals surface area contributed by atoms with E-state index in [4.69, 9.17) is 0 Å². The van der Waals surface area contributed by atoms with Gasteiger partial charge in [-0.15, -0.1) is 0 Å². The summed E-state index contributed by atoms with van der Waals surface area (Å²) >= 11 is 0. The molecule has 102 valence electrons. The first-order valence-electron chi connectivity index (χ1n) is 7.07. The van der Waals surface area contributed by atoms with Gasteiger partial charge in [-0.1, -0.05) is 66.2 Å². The third-order valence-corrected chi connectivity index (χ3v) is 3.44. The molecule has 1 aromatic heterocycles. The minimum absolute atomic E-state index is 1.11. The van der Waals surface area contributed by atoms with E-state index in [1.807, 2.05) is 18.3 Å². The Labute approximate surface area is 125 Å². The third kappa shape index (κ3) is 3.26. The number of benzene rings is 2. The molecule has 0 atom stereocenters. The molecule has 0 fully saturated rings. The summed E-state index contributed by atoms with van der Waals surface area (Å²) < 4.78 is 0. The molecule has 0 saturated carbocycles. The van der Waals surface area contributed by atoms with E-state index in [9.17, 15) is 0 Å². The van der Waals surface area contributed by atoms with Gasteiger partial charge in [-0.25, -0.2) is 0 Å². The fourth-order valence-corrected chi connectivity index (χ4v) is 2.31. The fraction of sp³-hybridized carbons (Fsp3) is 0.0500. The molecule has 0 aliphatic rings. The highest BCUT2D eigenvalue weighted by molar-refractivity contribution is 5.91. The lowest BCUT2D eigenvalue weighted by molar-refractivity contribution is 1.32. The molecule has 1 heterocycles. The molecule has 21 heavy (non-hydrogen) atoms. The fourth-order valence-electron chi connectivity index (χ4n) is 2.31. The molecule has 1 heteroatoms. The molecule has 3 rings (SSSR count). The van der Waals surface area contributed by atoms with Crippen LogP contribution < -0.4 is 0 Å². The summed E-state index contributed by atoms with van der Waals surface area (Å²) in [4.78, 5) is 4.19. The maximum Gasteiger partial charge on any atom is 0.0340 e. The van der Waals surface area contributed by atoms with E-state index in [2.05, 4.69) is 72.6 Å². The highest BCUT2D eigenvalue weighted by Gasteiger charge is 2.05. The number of hydrogen-bond donors (Lipinski definition) is 0. The maximum absolute atomic E-state index is 4.19. The predicted molar refractivity (Wildman–Crippen MR) is 88.8 cm³/mol. The molecule has 0 N–H and O–H groups in total. The molecular weight excluding hydrogens is 254 g/mol. The molecule has 0 unspecified atom stereocenters. The van der Waals surface area contributed by atoms with E-state index < -0.39 is 0 Å². The van der Waals surface area contributed by atoms with Crippen molar-refractivity contribution in [2.75, 3.05) is 0 Å². The van der Waals surface area contributed by atoms with Crippen LogP contribution in [-0.4, -0.2) is 4.98 Å². The Morgan fingerprint density at radius 2 is 1.52 bits per heavy atom. The van der Waals surface area contributed by atoms with Crippen molar-refractivity contribution in [3.63, 3.8) is 0 Å². The van der Waals surface area contributed by atoms with Crippen LogP contribution in [-0.2, 0) is 0 Å². The Morgan fingerprint density at radius 3 is 2.19 bits per heavy atom. The van der Waals surface area contributed by atoms with E-state index in [1.54, 1.807) is 6.20 Å². The molecule has 0 bridgehead atoms. The van der Waals surface area contributed by atoms with Gasteiger partial charge >= 0.3 is 0 Å². The molecule has 0 aliphatic carbocycles. The Kier molecular flexibility index (Phi) is 3.92. The summed E-state index contributed by atoms with van der Waals surface area (Å²) in [6.45, 7) is 2.11. The maximum atomic E-state index is 4.19. The Hall–Kier alpha value is -2.67. The minimum atomic E-state index is 1.11. The van der Waals surface area contributed by atoms with Crippen LogP contribution in [0.15, 0.2) is 79.1 Å². The van der Waals surface area contributed by atoms with E-state index >= 15 is 0 Å². The smallest absolute Gasteiger partial charge is 0.0340 e. The second-order valence-electron chi connectivity index (χ2n) is 5.08. The van der Waals surface area contributed by atoms with E-state index in [0.717, 1.165) is 5.56 Å². The van der Waals surface area contributed by atoms with Crippen LogP contribution in [0.3, 0.4) is 0 Å². The highest BCUT2D eigenvalue weighted by atomic mass is 14.6. The SMILES string of the molecule is Cc1ccc(/C(=C/c2cccnc2)c2ccccc2)cc1. The van der Waals surface area contributed by atoms with Gasteiger partial charge in [0.05, 0.1) is 0 Å². The number of rotatable bonds is 3. The molecule has 1 nitrogen and oxygen atoms in total. The normalized spacial score (nSPS) is 11.4. The van der Waals surface area contributed by atoms with Crippen LogP contribution in [0.1, 0.15) is 22.3 Å². The van der Waals surface area contributed by atoms with Gasteiger partial charge < -0.3 is 0 Å². The third-order valence-electron chi connectivity index (χ3n) is 3.44. The Balaban J connectivity index is 2.12. The van der Waals surface area contributed by atoms with Crippen molar-refractivity contribution in [1.29, 1.82) is 0 Å². The second kappa shape index (κ2) is 6.19. The van der Waals surface area contributed by atoms with Gasteiger partial charge in [0.15, 0.2) is 0 Å². The number of aromatic nitrogens is 1. The van der Waals surface area contributed by atoms with Crippen LogP contribution in [0.2, 0.25) is 0 Å². The van der Waals surface area contributed by atoms with Crippen molar-refractivity contribution in [1.82, 2.24) is 4.98 Å². The summed E-state index contributed by atoms with van der Waals surface area (Å²) in [6, 6.07) is 23.1. The van der Waals surface area contributed by atoms with Crippen molar-refractivity contribution >= 4 is 11.6 Å². The van der Waals surface area contributed by atoms with Crippen molar-refractivity contribution in [2.45, 2.75) is 6.92 Å². The first-order valence-corrected chi connectivity index (χ1v) is 7.07. The van der Waals surface area contributed by atoms with Crippen LogP contribution in [0, 0.1) is 6.92 Å². The quantitative estimate of drug-likeness (QED) is 0.654. The monoisotopic (exact) mass is 271 g/mol. The van der Waals surface area contributed by atoms with Crippen LogP contribution in [0.4, 0.5) is 0 Å². The van der Waals surface area contributed by atoms with E-state index in [-0.39, 0.29) is 0 Å². The molecule has 2 aromatic carbocycles. The van der Waals surface area contributed by atoms with Crippen LogP contribution in [0.25, 0.3) is 11.6 Å². The van der Waals surface area contributed by atoms with Gasteiger partial charge in [0.1, 0.15) is 0 Å². The molecule has 0 spiro atoms. The summed E-state index contributed by atoms with van der Waals surface area (Å²) in [5, 5.41) is 0. The van der Waals surface area contributed by atoms with Gasteiger partial charge in [-0.3, -0.25) is 4.98 Å². The average molecular weight is 271 g/mol. The van der Waals surface area contributed by atoms with Crippen molar-refractivity contribution < 1.29 is 0 Å². The average Bonchev–Trinajstić information content (AvgIpc) is 2.55. The molecular formula is C20H17N.